The number of aromatic amines is 1. The number of anilines is 1. The SMILES string of the molecule is Cc1cc(C)c(NC(=O)[C@@H]2CCCN2S(=O)(=O)c2ccc(-c3ccc(=O)[nH]n3)s2)c(C)c1. The lowest BCUT2D eigenvalue weighted by molar-refractivity contribution is -0.119. The molecule has 168 valence electrons. The topological polar surface area (TPSA) is 112 Å². The summed E-state index contributed by atoms with van der Waals surface area (Å²) < 4.78 is 28.1. The molecular formula is C22H24N4O4S2. The highest BCUT2D eigenvalue weighted by molar-refractivity contribution is 7.91. The van der Waals surface area contributed by atoms with Crippen LogP contribution in [0.15, 0.2) is 45.4 Å². The van der Waals surface area contributed by atoms with Crippen molar-refractivity contribution in [2.24, 2.45) is 0 Å². The van der Waals surface area contributed by atoms with Crippen molar-refractivity contribution in [2.45, 2.75) is 43.9 Å². The summed E-state index contributed by atoms with van der Waals surface area (Å²) in [6.07, 6.45) is 1.08. The van der Waals surface area contributed by atoms with E-state index in [4.69, 9.17) is 0 Å². The van der Waals surface area contributed by atoms with Crippen LogP contribution in [0.2, 0.25) is 0 Å². The Morgan fingerprint density at radius 1 is 1.16 bits per heavy atom. The van der Waals surface area contributed by atoms with Crippen molar-refractivity contribution in [1.82, 2.24) is 14.5 Å². The zero-order chi connectivity index (χ0) is 23.0. The van der Waals surface area contributed by atoms with Crippen LogP contribution in [0, 0.1) is 20.8 Å². The second-order valence-electron chi connectivity index (χ2n) is 7.96. The predicted molar refractivity (Wildman–Crippen MR) is 124 cm³/mol. The summed E-state index contributed by atoms with van der Waals surface area (Å²) in [4.78, 5) is 24.9. The fourth-order valence-corrected chi connectivity index (χ4v) is 7.13. The first-order valence-electron chi connectivity index (χ1n) is 10.2. The predicted octanol–water partition coefficient (Wildman–Crippen LogP) is 3.22. The Morgan fingerprint density at radius 3 is 2.53 bits per heavy atom. The van der Waals surface area contributed by atoms with E-state index in [1.165, 1.54) is 16.4 Å². The smallest absolute Gasteiger partial charge is 0.264 e. The molecule has 1 aliphatic heterocycles. The highest BCUT2D eigenvalue weighted by Crippen LogP contribution is 2.34. The first-order valence-corrected chi connectivity index (χ1v) is 12.5. The Balaban J connectivity index is 1.58. The summed E-state index contributed by atoms with van der Waals surface area (Å²) in [6, 6.07) is 9.27. The van der Waals surface area contributed by atoms with Gasteiger partial charge in [0.2, 0.25) is 5.91 Å². The van der Waals surface area contributed by atoms with Gasteiger partial charge in [0.1, 0.15) is 15.9 Å². The van der Waals surface area contributed by atoms with Crippen molar-refractivity contribution in [3.63, 3.8) is 0 Å². The zero-order valence-corrected chi connectivity index (χ0v) is 19.6. The lowest BCUT2D eigenvalue weighted by Gasteiger charge is -2.23. The fraction of sp³-hybridized carbons (Fsp3) is 0.318. The van der Waals surface area contributed by atoms with E-state index in [-0.39, 0.29) is 22.2 Å². The number of rotatable bonds is 5. The highest BCUT2D eigenvalue weighted by atomic mass is 32.2. The van der Waals surface area contributed by atoms with Gasteiger partial charge in [-0.3, -0.25) is 9.59 Å². The molecule has 4 rings (SSSR count). The number of nitrogens with zero attached hydrogens (tertiary/aromatic N) is 2. The third-order valence-corrected chi connectivity index (χ3v) is 8.99. The summed E-state index contributed by atoms with van der Waals surface area (Å²) in [5.74, 6) is -0.319. The van der Waals surface area contributed by atoms with Gasteiger partial charge in [-0.1, -0.05) is 17.7 Å². The summed E-state index contributed by atoms with van der Waals surface area (Å²) >= 11 is 1.06. The fourth-order valence-electron chi connectivity index (χ4n) is 4.07. The molecule has 1 aromatic carbocycles. The summed E-state index contributed by atoms with van der Waals surface area (Å²) in [7, 11) is -3.86. The molecule has 1 amide bonds. The van der Waals surface area contributed by atoms with Crippen LogP contribution < -0.4 is 10.9 Å². The molecule has 8 nitrogen and oxygen atoms in total. The van der Waals surface area contributed by atoms with E-state index >= 15 is 0 Å². The van der Waals surface area contributed by atoms with E-state index in [2.05, 4.69) is 15.5 Å². The molecule has 1 fully saturated rings. The van der Waals surface area contributed by atoms with Gasteiger partial charge in [-0.05, 0) is 62.9 Å². The van der Waals surface area contributed by atoms with Crippen LogP contribution in [0.1, 0.15) is 29.5 Å². The summed E-state index contributed by atoms with van der Waals surface area (Å²) in [5, 5.41) is 9.25. The molecule has 3 aromatic rings. The van der Waals surface area contributed by atoms with Gasteiger partial charge < -0.3 is 5.32 Å². The van der Waals surface area contributed by atoms with E-state index in [0.29, 0.717) is 23.4 Å². The van der Waals surface area contributed by atoms with Gasteiger partial charge in [-0.25, -0.2) is 13.5 Å². The minimum atomic E-state index is -3.86. The number of aromatic nitrogens is 2. The molecular weight excluding hydrogens is 448 g/mol. The molecule has 0 spiro atoms. The molecule has 32 heavy (non-hydrogen) atoms. The Morgan fingerprint density at radius 2 is 1.88 bits per heavy atom. The van der Waals surface area contributed by atoms with Crippen LogP contribution >= 0.6 is 11.3 Å². The minimum absolute atomic E-state index is 0.142. The van der Waals surface area contributed by atoms with E-state index in [1.807, 2.05) is 32.9 Å². The van der Waals surface area contributed by atoms with E-state index in [0.717, 1.165) is 33.7 Å². The van der Waals surface area contributed by atoms with E-state index < -0.39 is 16.1 Å². The van der Waals surface area contributed by atoms with Crippen LogP contribution in [0.25, 0.3) is 10.6 Å². The Labute approximate surface area is 190 Å². The van der Waals surface area contributed by atoms with Crippen molar-refractivity contribution in [2.75, 3.05) is 11.9 Å². The molecule has 0 unspecified atom stereocenters. The standard InChI is InChI=1S/C22H24N4O4S2/c1-13-11-14(2)21(15(3)12-13)23-22(28)17-5-4-10-26(17)32(29,30)20-9-7-18(31-20)16-6-8-19(27)25-24-16/h6-9,11-12,17H,4-5,10H2,1-3H3,(H,23,28)(H,25,27)/t17-/m0/s1. The van der Waals surface area contributed by atoms with Gasteiger partial charge in [0.25, 0.3) is 15.6 Å². The molecule has 0 saturated carbocycles. The quantitative estimate of drug-likeness (QED) is 0.592. The number of hydrogen-bond donors (Lipinski definition) is 2. The maximum Gasteiger partial charge on any atom is 0.264 e. The van der Waals surface area contributed by atoms with Crippen LogP contribution in [-0.2, 0) is 14.8 Å². The Kier molecular flexibility index (Phi) is 6.02. The van der Waals surface area contributed by atoms with Gasteiger partial charge in [-0.2, -0.15) is 9.40 Å². The van der Waals surface area contributed by atoms with Gasteiger partial charge in [0.05, 0.1) is 4.88 Å². The second kappa shape index (κ2) is 8.61. The minimum Gasteiger partial charge on any atom is -0.324 e. The number of aryl methyl sites for hydroxylation is 3. The number of carbonyl (C=O) groups excluding carboxylic acids is 1. The molecule has 10 heteroatoms. The molecule has 0 bridgehead atoms. The van der Waals surface area contributed by atoms with E-state index in [9.17, 15) is 18.0 Å². The average Bonchev–Trinajstić information content (AvgIpc) is 3.41. The van der Waals surface area contributed by atoms with Crippen molar-refractivity contribution >= 4 is 33.0 Å². The third kappa shape index (κ3) is 4.25. The van der Waals surface area contributed by atoms with Gasteiger partial charge in [0, 0.05) is 18.3 Å². The highest BCUT2D eigenvalue weighted by Gasteiger charge is 2.40. The van der Waals surface area contributed by atoms with Gasteiger partial charge >= 0.3 is 0 Å². The number of carbonyl (C=O) groups is 1. The van der Waals surface area contributed by atoms with Crippen LogP contribution in [0.5, 0.6) is 0 Å². The van der Waals surface area contributed by atoms with Crippen molar-refractivity contribution in [1.29, 1.82) is 0 Å². The number of H-pyrrole nitrogens is 1. The number of sulfonamides is 1. The molecule has 0 radical (unpaired) electrons. The molecule has 0 aliphatic carbocycles. The molecule has 3 heterocycles. The summed E-state index contributed by atoms with van der Waals surface area (Å²) in [5.41, 5.74) is 3.88. The van der Waals surface area contributed by atoms with Crippen LogP contribution in [0.3, 0.4) is 0 Å². The zero-order valence-electron chi connectivity index (χ0n) is 18.0. The molecule has 2 N–H and O–H groups in total. The molecule has 2 aromatic heterocycles. The Hall–Kier alpha value is -2.82. The lowest BCUT2D eigenvalue weighted by Crippen LogP contribution is -2.43. The number of thiophene rings is 1. The van der Waals surface area contributed by atoms with Crippen molar-refractivity contribution in [3.8, 4) is 10.6 Å². The lowest BCUT2D eigenvalue weighted by atomic mass is 10.0. The molecule has 1 aliphatic rings. The summed E-state index contributed by atoms with van der Waals surface area (Å²) in [6.45, 7) is 6.14. The van der Waals surface area contributed by atoms with Crippen molar-refractivity contribution in [3.05, 3.63) is 63.4 Å². The normalized spacial score (nSPS) is 16.9. The first-order chi connectivity index (χ1) is 15.2. The van der Waals surface area contributed by atoms with Crippen LogP contribution in [0.4, 0.5) is 5.69 Å². The number of benzene rings is 1. The number of hydrogen-bond acceptors (Lipinski definition) is 6. The maximum absolute atomic E-state index is 13.4. The number of amides is 1. The monoisotopic (exact) mass is 472 g/mol. The van der Waals surface area contributed by atoms with Gasteiger partial charge in [0.15, 0.2) is 0 Å². The largest absolute Gasteiger partial charge is 0.324 e. The Bertz CT molecular complexity index is 1300. The molecule has 1 saturated heterocycles. The van der Waals surface area contributed by atoms with Crippen LogP contribution in [-0.4, -0.2) is 41.4 Å². The van der Waals surface area contributed by atoms with E-state index in [1.54, 1.807) is 12.1 Å². The second-order valence-corrected chi connectivity index (χ2v) is 11.2. The third-order valence-electron chi connectivity index (χ3n) is 5.51. The number of nitrogens with one attached hydrogen (secondary N) is 2. The van der Waals surface area contributed by atoms with Crippen molar-refractivity contribution < 1.29 is 13.2 Å². The maximum atomic E-state index is 13.4. The first kappa shape index (κ1) is 22.4. The average molecular weight is 473 g/mol. The molecule has 1 atom stereocenters. The van der Waals surface area contributed by atoms with Gasteiger partial charge in [-0.15, -0.1) is 11.3 Å².